The van der Waals surface area contributed by atoms with Gasteiger partial charge in [-0.3, -0.25) is 4.90 Å². The number of nitrogens with zero attached hydrogens (tertiary/aromatic N) is 1. The maximum Gasteiger partial charge on any atom is 0.162 e. The second kappa shape index (κ2) is 5.38. The lowest BCUT2D eigenvalue weighted by Crippen LogP contribution is -2.37. The summed E-state index contributed by atoms with van der Waals surface area (Å²) in [6.07, 6.45) is 1.64. The molecule has 1 aliphatic rings. The topological polar surface area (TPSA) is 52.9 Å². The first-order valence-corrected chi connectivity index (χ1v) is 5.96. The monoisotopic (exact) mass is 237 g/mol. The van der Waals surface area contributed by atoms with Crippen molar-refractivity contribution in [3.05, 3.63) is 23.8 Å². The first-order chi connectivity index (χ1) is 8.20. The molecule has 0 aliphatic carbocycles. The Morgan fingerprint density at radius 3 is 3.00 bits per heavy atom. The average molecular weight is 237 g/mol. The molecule has 2 N–H and O–H groups in total. The molecule has 0 bridgehead atoms. The van der Waals surface area contributed by atoms with E-state index in [9.17, 15) is 10.2 Å². The molecule has 1 aliphatic heterocycles. The van der Waals surface area contributed by atoms with Gasteiger partial charge in [-0.25, -0.2) is 0 Å². The quantitative estimate of drug-likeness (QED) is 0.833. The van der Waals surface area contributed by atoms with Crippen LogP contribution in [0.5, 0.6) is 11.5 Å². The first kappa shape index (κ1) is 12.2. The van der Waals surface area contributed by atoms with Gasteiger partial charge in [-0.15, -0.1) is 0 Å². The summed E-state index contributed by atoms with van der Waals surface area (Å²) in [4.78, 5) is 2.16. The molecule has 1 aromatic carbocycles. The third-order valence-corrected chi connectivity index (χ3v) is 3.18. The van der Waals surface area contributed by atoms with Gasteiger partial charge in [0.2, 0.25) is 0 Å². The van der Waals surface area contributed by atoms with E-state index in [0.29, 0.717) is 18.8 Å². The van der Waals surface area contributed by atoms with E-state index in [1.54, 1.807) is 13.2 Å². The summed E-state index contributed by atoms with van der Waals surface area (Å²) in [6.45, 7) is 2.30. The third-order valence-electron chi connectivity index (χ3n) is 3.18. The molecule has 94 valence electrons. The van der Waals surface area contributed by atoms with Gasteiger partial charge in [-0.1, -0.05) is 12.1 Å². The van der Waals surface area contributed by atoms with E-state index in [2.05, 4.69) is 4.90 Å². The standard InChI is InChI=1S/C13H19NO3/c1-17-12-6-2-4-10(13(12)16)8-14-7-3-5-11(15)9-14/h2,4,6,11,15-16H,3,5,7-9H2,1H3/t11-/m1/s1. The number of hydrogen-bond acceptors (Lipinski definition) is 4. The van der Waals surface area contributed by atoms with Crippen LogP contribution in [0.4, 0.5) is 0 Å². The summed E-state index contributed by atoms with van der Waals surface area (Å²) in [5.74, 6) is 0.704. The molecule has 4 heteroatoms. The summed E-state index contributed by atoms with van der Waals surface area (Å²) < 4.78 is 5.08. The van der Waals surface area contributed by atoms with Crippen molar-refractivity contribution >= 4 is 0 Å². The lowest BCUT2D eigenvalue weighted by molar-refractivity contribution is 0.0664. The Bertz CT molecular complexity index is 381. The normalized spacial score (nSPS) is 21.4. The fourth-order valence-corrected chi connectivity index (χ4v) is 2.28. The molecule has 4 nitrogen and oxygen atoms in total. The first-order valence-electron chi connectivity index (χ1n) is 5.96. The molecular formula is C13H19NO3. The number of benzene rings is 1. The van der Waals surface area contributed by atoms with Crippen molar-refractivity contribution in [3.63, 3.8) is 0 Å². The van der Waals surface area contributed by atoms with Crippen molar-refractivity contribution in [3.8, 4) is 11.5 Å². The van der Waals surface area contributed by atoms with Crippen LogP contribution in [0, 0.1) is 0 Å². The predicted octanol–water partition coefficient (Wildman–Crippen LogP) is 1.36. The zero-order chi connectivity index (χ0) is 12.3. The van der Waals surface area contributed by atoms with E-state index in [4.69, 9.17) is 4.74 Å². The molecule has 1 aromatic rings. The van der Waals surface area contributed by atoms with Crippen molar-refractivity contribution in [1.82, 2.24) is 4.90 Å². The van der Waals surface area contributed by atoms with Crippen LogP contribution in [0.2, 0.25) is 0 Å². The summed E-state index contributed by atoms with van der Waals surface area (Å²) in [6, 6.07) is 5.50. The Labute approximate surface area is 101 Å². The number of β-amino-alcohol motifs (C(OH)–C–C–N with tert-alkyl or cyclic N) is 1. The maximum absolute atomic E-state index is 9.97. The van der Waals surface area contributed by atoms with Crippen LogP contribution in [0.25, 0.3) is 0 Å². The number of aromatic hydroxyl groups is 1. The van der Waals surface area contributed by atoms with E-state index < -0.39 is 0 Å². The minimum absolute atomic E-state index is 0.204. The molecule has 0 saturated carbocycles. The Morgan fingerprint density at radius 1 is 1.47 bits per heavy atom. The zero-order valence-electron chi connectivity index (χ0n) is 10.1. The maximum atomic E-state index is 9.97. The Morgan fingerprint density at radius 2 is 2.29 bits per heavy atom. The van der Waals surface area contributed by atoms with Gasteiger partial charge in [0.05, 0.1) is 13.2 Å². The SMILES string of the molecule is COc1cccc(CN2CCC[C@@H](O)C2)c1O. The van der Waals surface area contributed by atoms with Crippen molar-refractivity contribution < 1.29 is 14.9 Å². The van der Waals surface area contributed by atoms with Gasteiger partial charge in [0, 0.05) is 18.7 Å². The highest BCUT2D eigenvalue weighted by Crippen LogP contribution is 2.30. The molecule has 0 amide bonds. The molecule has 1 fully saturated rings. The van der Waals surface area contributed by atoms with Crippen LogP contribution in [0.3, 0.4) is 0 Å². The number of aliphatic hydroxyl groups excluding tert-OH is 1. The summed E-state index contributed by atoms with van der Waals surface area (Å²) in [7, 11) is 1.55. The number of piperidine rings is 1. The minimum Gasteiger partial charge on any atom is -0.504 e. The van der Waals surface area contributed by atoms with Crippen LogP contribution in [-0.4, -0.2) is 41.4 Å². The molecule has 0 radical (unpaired) electrons. The van der Waals surface area contributed by atoms with Gasteiger partial charge in [0.15, 0.2) is 11.5 Å². The van der Waals surface area contributed by atoms with Crippen LogP contribution in [-0.2, 0) is 6.54 Å². The third kappa shape index (κ3) is 2.90. The second-order valence-corrected chi connectivity index (χ2v) is 4.50. The van der Waals surface area contributed by atoms with Crippen molar-refractivity contribution in [1.29, 1.82) is 0 Å². The Hall–Kier alpha value is -1.26. The van der Waals surface area contributed by atoms with Crippen LogP contribution < -0.4 is 4.74 Å². The van der Waals surface area contributed by atoms with Gasteiger partial charge in [0.25, 0.3) is 0 Å². The van der Waals surface area contributed by atoms with Crippen LogP contribution in [0.1, 0.15) is 18.4 Å². The van der Waals surface area contributed by atoms with Gasteiger partial charge in [-0.05, 0) is 25.5 Å². The molecule has 0 unspecified atom stereocenters. The molecule has 0 spiro atoms. The highest BCUT2D eigenvalue weighted by Gasteiger charge is 2.19. The molecule has 2 rings (SSSR count). The number of hydrogen-bond donors (Lipinski definition) is 2. The van der Waals surface area contributed by atoms with Gasteiger partial charge < -0.3 is 14.9 Å². The van der Waals surface area contributed by atoms with Crippen molar-refractivity contribution in [2.24, 2.45) is 0 Å². The summed E-state index contributed by atoms with van der Waals surface area (Å²) >= 11 is 0. The molecule has 1 saturated heterocycles. The van der Waals surface area contributed by atoms with E-state index >= 15 is 0 Å². The highest BCUT2D eigenvalue weighted by molar-refractivity contribution is 5.45. The van der Waals surface area contributed by atoms with E-state index in [0.717, 1.165) is 24.9 Å². The van der Waals surface area contributed by atoms with Gasteiger partial charge in [0.1, 0.15) is 0 Å². The Kier molecular flexibility index (Phi) is 3.86. The highest BCUT2D eigenvalue weighted by atomic mass is 16.5. The summed E-state index contributed by atoms with van der Waals surface area (Å²) in [5, 5.41) is 19.6. The van der Waals surface area contributed by atoms with Gasteiger partial charge in [-0.2, -0.15) is 0 Å². The Balaban J connectivity index is 2.07. The average Bonchev–Trinajstić information content (AvgIpc) is 2.32. The number of phenolic OH excluding ortho intramolecular Hbond substituents is 1. The molecule has 17 heavy (non-hydrogen) atoms. The number of para-hydroxylation sites is 1. The van der Waals surface area contributed by atoms with E-state index in [1.165, 1.54) is 0 Å². The van der Waals surface area contributed by atoms with Crippen molar-refractivity contribution in [2.45, 2.75) is 25.5 Å². The molecule has 0 aromatic heterocycles. The smallest absolute Gasteiger partial charge is 0.162 e. The lowest BCUT2D eigenvalue weighted by atomic mass is 10.1. The zero-order valence-corrected chi connectivity index (χ0v) is 10.1. The fourth-order valence-electron chi connectivity index (χ4n) is 2.28. The number of aliphatic hydroxyl groups is 1. The van der Waals surface area contributed by atoms with Crippen molar-refractivity contribution in [2.75, 3.05) is 20.2 Å². The van der Waals surface area contributed by atoms with Gasteiger partial charge >= 0.3 is 0 Å². The number of rotatable bonds is 3. The second-order valence-electron chi connectivity index (χ2n) is 4.50. The largest absolute Gasteiger partial charge is 0.504 e. The van der Waals surface area contributed by atoms with E-state index in [1.807, 2.05) is 12.1 Å². The minimum atomic E-state index is -0.239. The molecule has 1 heterocycles. The number of methoxy groups -OCH3 is 1. The fraction of sp³-hybridized carbons (Fsp3) is 0.538. The predicted molar refractivity (Wildman–Crippen MR) is 65.2 cm³/mol. The van der Waals surface area contributed by atoms with Crippen LogP contribution in [0.15, 0.2) is 18.2 Å². The number of ether oxygens (including phenoxy) is 1. The molecule has 1 atom stereocenters. The number of likely N-dealkylation sites (tertiary alicyclic amines) is 1. The van der Waals surface area contributed by atoms with E-state index in [-0.39, 0.29) is 11.9 Å². The van der Waals surface area contributed by atoms with Crippen LogP contribution >= 0.6 is 0 Å². The summed E-state index contributed by atoms with van der Waals surface area (Å²) in [5.41, 5.74) is 0.846. The molecular weight excluding hydrogens is 218 g/mol. The lowest BCUT2D eigenvalue weighted by Gasteiger charge is -2.30. The number of phenols is 1.